The number of carbonyl (C=O) groups is 1. The molecule has 0 amide bonds. The second kappa shape index (κ2) is 6.22. The molecule has 0 unspecified atom stereocenters. The average Bonchev–Trinajstić information content (AvgIpc) is 3.09. The second-order valence-electron chi connectivity index (χ2n) is 5.52. The zero-order valence-electron chi connectivity index (χ0n) is 12.4. The molecule has 0 radical (unpaired) electrons. The van der Waals surface area contributed by atoms with Gasteiger partial charge >= 0.3 is 0 Å². The Kier molecular flexibility index (Phi) is 3.93. The topological polar surface area (TPSA) is 54.9 Å². The summed E-state index contributed by atoms with van der Waals surface area (Å²) in [6.45, 7) is 0. The first-order valence-electron chi connectivity index (χ1n) is 7.52. The molecule has 0 spiro atoms. The van der Waals surface area contributed by atoms with Gasteiger partial charge in [-0.15, -0.1) is 22.7 Å². The summed E-state index contributed by atoms with van der Waals surface area (Å²) in [5.74, 6) is 0.951. The third-order valence-electron chi connectivity index (χ3n) is 3.69. The van der Waals surface area contributed by atoms with E-state index in [4.69, 9.17) is 0 Å². The number of anilines is 1. The van der Waals surface area contributed by atoms with E-state index in [-0.39, 0.29) is 0 Å². The van der Waals surface area contributed by atoms with E-state index in [9.17, 15) is 4.79 Å². The third kappa shape index (κ3) is 3.18. The second-order valence-corrected chi connectivity index (χ2v) is 7.60. The summed E-state index contributed by atoms with van der Waals surface area (Å²) in [5, 5.41) is 5.59. The molecule has 1 fully saturated rings. The monoisotopic (exact) mass is 341 g/mol. The van der Waals surface area contributed by atoms with Crippen molar-refractivity contribution in [2.75, 3.05) is 5.32 Å². The number of thiophene rings is 2. The highest BCUT2D eigenvalue weighted by Gasteiger charge is 2.22. The molecule has 4 nitrogen and oxygen atoms in total. The summed E-state index contributed by atoms with van der Waals surface area (Å²) in [6.07, 6.45) is 9.68. The van der Waals surface area contributed by atoms with Crippen LogP contribution >= 0.6 is 22.7 Å². The van der Waals surface area contributed by atoms with E-state index in [1.165, 1.54) is 12.8 Å². The number of fused-ring (bicyclic) bond motifs is 1. The maximum atomic E-state index is 10.6. The van der Waals surface area contributed by atoms with E-state index in [0.29, 0.717) is 12.5 Å². The largest absolute Gasteiger partial charge is 0.366 e. The lowest BCUT2D eigenvalue weighted by Gasteiger charge is -2.03. The molecule has 0 aromatic carbocycles. The van der Waals surface area contributed by atoms with Gasteiger partial charge in [-0.1, -0.05) is 6.08 Å². The predicted molar refractivity (Wildman–Crippen MR) is 97.1 cm³/mol. The molecule has 1 aliphatic rings. The summed E-state index contributed by atoms with van der Waals surface area (Å²) in [7, 11) is 0. The highest BCUT2D eigenvalue weighted by molar-refractivity contribution is 7.18. The van der Waals surface area contributed by atoms with Gasteiger partial charge in [0.05, 0.1) is 10.2 Å². The number of carbonyl (C=O) groups excluding carboxylic acids is 1. The highest BCUT2D eigenvalue weighted by Crippen LogP contribution is 2.33. The number of nitrogens with one attached hydrogen (secondary N) is 1. The van der Waals surface area contributed by atoms with Crippen LogP contribution in [0, 0.1) is 0 Å². The van der Waals surface area contributed by atoms with Crippen LogP contribution in [-0.2, 0) is 11.2 Å². The first kappa shape index (κ1) is 14.5. The van der Waals surface area contributed by atoms with Gasteiger partial charge in [0.1, 0.15) is 18.4 Å². The van der Waals surface area contributed by atoms with Crippen molar-refractivity contribution >= 4 is 57.1 Å². The number of hydrogen-bond donors (Lipinski definition) is 1. The van der Waals surface area contributed by atoms with Crippen molar-refractivity contribution < 1.29 is 4.79 Å². The Morgan fingerprint density at radius 2 is 2.17 bits per heavy atom. The Labute approximate surface area is 141 Å². The summed E-state index contributed by atoms with van der Waals surface area (Å²) < 4.78 is 1.12. The van der Waals surface area contributed by atoms with Crippen molar-refractivity contribution in [3.05, 3.63) is 39.2 Å². The first-order chi connectivity index (χ1) is 11.3. The van der Waals surface area contributed by atoms with E-state index >= 15 is 0 Å². The molecule has 116 valence electrons. The Balaban J connectivity index is 1.60. The van der Waals surface area contributed by atoms with E-state index in [2.05, 4.69) is 32.8 Å². The van der Waals surface area contributed by atoms with Crippen LogP contribution in [0.15, 0.2) is 23.8 Å². The molecule has 0 bridgehead atoms. The maximum Gasteiger partial charge on any atom is 0.147 e. The highest BCUT2D eigenvalue weighted by atomic mass is 32.1. The SMILES string of the molecule is O=CCc1ccc(/C=C/c2csc3c(NC4CC4)ncnc23)s1. The number of aromatic nitrogens is 2. The van der Waals surface area contributed by atoms with Gasteiger partial charge in [-0.25, -0.2) is 9.97 Å². The number of nitrogens with zero attached hydrogens (tertiary/aromatic N) is 2. The Morgan fingerprint density at radius 3 is 3.00 bits per heavy atom. The van der Waals surface area contributed by atoms with Gasteiger partial charge in [0.25, 0.3) is 0 Å². The van der Waals surface area contributed by atoms with Gasteiger partial charge < -0.3 is 10.1 Å². The van der Waals surface area contributed by atoms with Crippen molar-refractivity contribution in [2.24, 2.45) is 0 Å². The smallest absolute Gasteiger partial charge is 0.147 e. The normalized spacial score (nSPS) is 14.6. The van der Waals surface area contributed by atoms with Crippen LogP contribution in [-0.4, -0.2) is 22.3 Å². The molecular weight excluding hydrogens is 326 g/mol. The minimum Gasteiger partial charge on any atom is -0.366 e. The fraction of sp³-hybridized carbons (Fsp3) is 0.235. The molecule has 1 aliphatic carbocycles. The van der Waals surface area contributed by atoms with Crippen LogP contribution in [0.4, 0.5) is 5.82 Å². The van der Waals surface area contributed by atoms with Crippen molar-refractivity contribution in [2.45, 2.75) is 25.3 Å². The van der Waals surface area contributed by atoms with Crippen molar-refractivity contribution in [1.82, 2.24) is 9.97 Å². The van der Waals surface area contributed by atoms with Crippen molar-refractivity contribution in [1.29, 1.82) is 0 Å². The number of aldehydes is 1. The van der Waals surface area contributed by atoms with Crippen LogP contribution in [0.3, 0.4) is 0 Å². The fourth-order valence-corrected chi connectivity index (χ4v) is 4.16. The summed E-state index contributed by atoms with van der Waals surface area (Å²) in [5.41, 5.74) is 2.10. The standard InChI is InChI=1S/C17H15N3OS2/c21-8-7-14-6-5-13(23-14)4-1-11-9-22-16-15(11)18-10-19-17(16)20-12-2-3-12/h1,4-6,8-10,12H,2-3,7H2,(H,18,19,20)/b4-1+. The van der Waals surface area contributed by atoms with Crippen LogP contribution in [0.25, 0.3) is 22.4 Å². The molecule has 0 saturated heterocycles. The van der Waals surface area contributed by atoms with Crippen molar-refractivity contribution in [3.8, 4) is 0 Å². The summed E-state index contributed by atoms with van der Waals surface area (Å²) >= 11 is 3.32. The van der Waals surface area contributed by atoms with Crippen LogP contribution in [0.1, 0.15) is 28.2 Å². The summed E-state index contributed by atoms with van der Waals surface area (Å²) in [6, 6.07) is 4.63. The van der Waals surface area contributed by atoms with E-state index in [0.717, 1.165) is 37.6 Å². The van der Waals surface area contributed by atoms with E-state index in [1.807, 2.05) is 12.1 Å². The minimum atomic E-state index is 0.489. The molecule has 0 aliphatic heterocycles. The number of hydrogen-bond acceptors (Lipinski definition) is 6. The quantitative estimate of drug-likeness (QED) is 0.681. The van der Waals surface area contributed by atoms with Gasteiger partial charge in [0.2, 0.25) is 0 Å². The van der Waals surface area contributed by atoms with Crippen LogP contribution < -0.4 is 5.32 Å². The molecule has 1 saturated carbocycles. The molecule has 3 heterocycles. The number of rotatable bonds is 6. The molecule has 3 aromatic rings. The van der Waals surface area contributed by atoms with Gasteiger partial charge in [-0.05, 0) is 31.1 Å². The van der Waals surface area contributed by atoms with E-state index in [1.54, 1.807) is 29.0 Å². The zero-order chi connectivity index (χ0) is 15.6. The molecule has 3 aromatic heterocycles. The maximum absolute atomic E-state index is 10.6. The van der Waals surface area contributed by atoms with Gasteiger partial charge in [0.15, 0.2) is 0 Å². The lowest BCUT2D eigenvalue weighted by Crippen LogP contribution is -2.03. The van der Waals surface area contributed by atoms with Gasteiger partial charge in [-0.2, -0.15) is 0 Å². The third-order valence-corrected chi connectivity index (χ3v) is 5.76. The first-order valence-corrected chi connectivity index (χ1v) is 9.22. The fourth-order valence-electron chi connectivity index (χ4n) is 2.36. The lowest BCUT2D eigenvalue weighted by atomic mass is 10.2. The Hall–Kier alpha value is -2.05. The lowest BCUT2D eigenvalue weighted by molar-refractivity contribution is -0.107. The molecule has 6 heteroatoms. The van der Waals surface area contributed by atoms with Gasteiger partial charge in [-0.3, -0.25) is 0 Å². The molecule has 1 N–H and O–H groups in total. The zero-order valence-corrected chi connectivity index (χ0v) is 14.0. The van der Waals surface area contributed by atoms with E-state index < -0.39 is 0 Å². The Morgan fingerprint density at radius 1 is 1.26 bits per heavy atom. The predicted octanol–water partition coefficient (Wildman–Crippen LogP) is 4.24. The van der Waals surface area contributed by atoms with Crippen molar-refractivity contribution in [3.63, 3.8) is 0 Å². The van der Waals surface area contributed by atoms with Crippen LogP contribution in [0.5, 0.6) is 0 Å². The summed E-state index contributed by atoms with van der Waals surface area (Å²) in [4.78, 5) is 21.6. The molecule has 0 atom stereocenters. The molecule has 23 heavy (non-hydrogen) atoms. The molecular formula is C17H15N3OS2. The minimum absolute atomic E-state index is 0.489. The van der Waals surface area contributed by atoms with Gasteiger partial charge in [0, 0.05) is 33.2 Å². The van der Waals surface area contributed by atoms with Crippen LogP contribution in [0.2, 0.25) is 0 Å². The average molecular weight is 341 g/mol. The Bertz CT molecular complexity index is 877. The molecule has 4 rings (SSSR count).